The van der Waals surface area contributed by atoms with Crippen LogP contribution in [0.25, 0.3) is 10.8 Å². The molecule has 20 heavy (non-hydrogen) atoms. The van der Waals surface area contributed by atoms with Crippen molar-refractivity contribution in [1.82, 2.24) is 5.43 Å². The first-order valence-corrected chi connectivity index (χ1v) is 5.88. The fourth-order valence-electron chi connectivity index (χ4n) is 1.88. The Kier molecular flexibility index (Phi) is 3.81. The minimum Gasteiger partial charge on any atom is -0.480 e. The number of carbonyl (C=O) groups excluding carboxylic acids is 1. The topological polar surface area (TPSA) is 107 Å². The van der Waals surface area contributed by atoms with Gasteiger partial charge in [-0.1, -0.05) is 18.2 Å². The van der Waals surface area contributed by atoms with Gasteiger partial charge in [0.1, 0.15) is 5.75 Å². The maximum Gasteiger partial charge on any atom is 0.277 e. The molecule has 2 rings (SSSR count). The lowest BCUT2D eigenvalue weighted by atomic mass is 10.1. The van der Waals surface area contributed by atoms with Gasteiger partial charge in [-0.3, -0.25) is 20.3 Å². The molecule has 2 aromatic carbocycles. The number of fused-ring (bicyclic) bond motifs is 1. The fraction of sp³-hybridized carbons (Fsp3) is 0.154. The number of rotatable bonds is 4. The SMILES string of the molecule is CC(Oc1ccc([N+](=O)[O-])c2ccccc12)C(=O)NN. The number of nitrogens with one attached hydrogen (secondary N) is 1. The Labute approximate surface area is 114 Å². The number of ether oxygens (including phenoxy) is 1. The van der Waals surface area contributed by atoms with E-state index in [1.54, 1.807) is 31.2 Å². The summed E-state index contributed by atoms with van der Waals surface area (Å²) in [6.45, 7) is 1.54. The molecule has 0 fully saturated rings. The number of hydrazine groups is 1. The second kappa shape index (κ2) is 5.54. The number of carbonyl (C=O) groups is 1. The Balaban J connectivity index is 2.48. The molecule has 0 bridgehead atoms. The van der Waals surface area contributed by atoms with Gasteiger partial charge in [-0.2, -0.15) is 0 Å². The van der Waals surface area contributed by atoms with Gasteiger partial charge in [0.25, 0.3) is 11.6 Å². The van der Waals surface area contributed by atoms with Crippen molar-refractivity contribution in [2.75, 3.05) is 0 Å². The number of amides is 1. The van der Waals surface area contributed by atoms with E-state index in [-0.39, 0.29) is 5.69 Å². The third-order valence-corrected chi connectivity index (χ3v) is 2.87. The quantitative estimate of drug-likeness (QED) is 0.380. The first-order valence-electron chi connectivity index (χ1n) is 5.88. The Morgan fingerprint density at radius 1 is 1.30 bits per heavy atom. The van der Waals surface area contributed by atoms with Gasteiger partial charge in [-0.15, -0.1) is 0 Å². The highest BCUT2D eigenvalue weighted by Gasteiger charge is 2.18. The summed E-state index contributed by atoms with van der Waals surface area (Å²) in [5, 5.41) is 12.0. The number of nitrogens with zero attached hydrogens (tertiary/aromatic N) is 1. The van der Waals surface area contributed by atoms with Gasteiger partial charge in [0.2, 0.25) is 0 Å². The molecular formula is C13H13N3O4. The maximum atomic E-state index is 11.4. The molecule has 0 radical (unpaired) electrons. The monoisotopic (exact) mass is 275 g/mol. The van der Waals surface area contributed by atoms with Gasteiger partial charge in [0.15, 0.2) is 6.10 Å². The summed E-state index contributed by atoms with van der Waals surface area (Å²) in [7, 11) is 0. The van der Waals surface area contributed by atoms with Crippen LogP contribution in [0, 0.1) is 10.1 Å². The van der Waals surface area contributed by atoms with E-state index in [1.807, 2.05) is 5.43 Å². The first-order chi connectivity index (χ1) is 9.54. The van der Waals surface area contributed by atoms with Crippen molar-refractivity contribution in [2.24, 2.45) is 5.84 Å². The lowest BCUT2D eigenvalue weighted by Crippen LogP contribution is -2.40. The summed E-state index contributed by atoms with van der Waals surface area (Å²) in [6.07, 6.45) is -0.801. The molecule has 3 N–H and O–H groups in total. The van der Waals surface area contributed by atoms with Crippen LogP contribution in [-0.4, -0.2) is 16.9 Å². The van der Waals surface area contributed by atoms with Crippen LogP contribution in [0.1, 0.15) is 6.92 Å². The second-order valence-electron chi connectivity index (χ2n) is 4.15. The Bertz CT molecular complexity index is 672. The predicted octanol–water partition coefficient (Wildman–Crippen LogP) is 1.51. The lowest BCUT2D eigenvalue weighted by molar-refractivity contribution is -0.383. The molecule has 0 aromatic heterocycles. The third-order valence-electron chi connectivity index (χ3n) is 2.87. The molecule has 104 valence electrons. The number of nitrogens with two attached hydrogens (primary N) is 1. The van der Waals surface area contributed by atoms with Crippen LogP contribution >= 0.6 is 0 Å². The molecule has 0 saturated heterocycles. The molecule has 1 unspecified atom stereocenters. The van der Waals surface area contributed by atoms with Crippen LogP contribution in [0.15, 0.2) is 36.4 Å². The predicted molar refractivity (Wildman–Crippen MR) is 73.0 cm³/mol. The molecule has 1 amide bonds. The van der Waals surface area contributed by atoms with Crippen LogP contribution in [0.2, 0.25) is 0 Å². The zero-order chi connectivity index (χ0) is 14.7. The molecule has 7 heteroatoms. The van der Waals surface area contributed by atoms with Crippen molar-refractivity contribution >= 4 is 22.4 Å². The normalized spacial score (nSPS) is 11.9. The minimum absolute atomic E-state index is 0.0103. The van der Waals surface area contributed by atoms with Gasteiger partial charge >= 0.3 is 0 Å². The Morgan fingerprint density at radius 3 is 2.55 bits per heavy atom. The molecule has 7 nitrogen and oxygen atoms in total. The fourth-order valence-corrected chi connectivity index (χ4v) is 1.88. The van der Waals surface area contributed by atoms with Crippen LogP contribution in [-0.2, 0) is 4.79 Å². The molecule has 0 saturated carbocycles. The molecule has 2 aromatic rings. The molecule has 0 aliphatic carbocycles. The highest BCUT2D eigenvalue weighted by Crippen LogP contribution is 2.33. The van der Waals surface area contributed by atoms with Gasteiger partial charge in [0, 0.05) is 11.5 Å². The van der Waals surface area contributed by atoms with Crippen molar-refractivity contribution in [1.29, 1.82) is 0 Å². The van der Waals surface area contributed by atoms with E-state index in [1.165, 1.54) is 12.1 Å². The summed E-state index contributed by atoms with van der Waals surface area (Å²) in [5.41, 5.74) is 1.98. The van der Waals surface area contributed by atoms with Gasteiger partial charge in [-0.05, 0) is 19.1 Å². The smallest absolute Gasteiger partial charge is 0.277 e. The van der Waals surface area contributed by atoms with Crippen LogP contribution in [0.3, 0.4) is 0 Å². The number of non-ortho nitro benzene ring substituents is 1. The summed E-state index contributed by atoms with van der Waals surface area (Å²) < 4.78 is 5.50. The third kappa shape index (κ3) is 2.52. The molecule has 1 atom stereocenters. The zero-order valence-electron chi connectivity index (χ0n) is 10.7. The average Bonchev–Trinajstić information content (AvgIpc) is 2.46. The summed E-state index contributed by atoms with van der Waals surface area (Å²) in [6, 6.07) is 9.60. The average molecular weight is 275 g/mol. The zero-order valence-corrected chi connectivity index (χ0v) is 10.7. The summed E-state index contributed by atoms with van der Waals surface area (Å²) in [5.74, 6) is 4.95. The van der Waals surface area contributed by atoms with Crippen molar-refractivity contribution in [2.45, 2.75) is 13.0 Å². The van der Waals surface area contributed by atoms with Gasteiger partial charge < -0.3 is 4.74 Å². The summed E-state index contributed by atoms with van der Waals surface area (Å²) >= 11 is 0. The van der Waals surface area contributed by atoms with E-state index in [0.29, 0.717) is 16.5 Å². The lowest BCUT2D eigenvalue weighted by Gasteiger charge is -2.14. The molecule has 0 aliphatic heterocycles. The van der Waals surface area contributed by atoms with E-state index in [0.717, 1.165) is 0 Å². The van der Waals surface area contributed by atoms with Gasteiger partial charge in [0.05, 0.1) is 10.3 Å². The first kappa shape index (κ1) is 13.8. The minimum atomic E-state index is -0.801. The Hall–Kier alpha value is -2.67. The highest BCUT2D eigenvalue weighted by atomic mass is 16.6. The van der Waals surface area contributed by atoms with E-state index in [9.17, 15) is 14.9 Å². The molecular weight excluding hydrogens is 262 g/mol. The van der Waals surface area contributed by atoms with Crippen LogP contribution < -0.4 is 16.0 Å². The molecule has 0 aliphatic rings. The van der Waals surface area contributed by atoms with E-state index < -0.39 is 16.9 Å². The maximum absolute atomic E-state index is 11.4. The highest BCUT2D eigenvalue weighted by molar-refractivity contribution is 5.95. The van der Waals surface area contributed by atoms with Crippen molar-refractivity contribution in [3.63, 3.8) is 0 Å². The molecule has 0 heterocycles. The van der Waals surface area contributed by atoms with Crippen molar-refractivity contribution < 1.29 is 14.5 Å². The number of nitro benzene ring substituents is 1. The molecule has 0 spiro atoms. The van der Waals surface area contributed by atoms with E-state index in [2.05, 4.69) is 0 Å². The summed E-state index contributed by atoms with van der Waals surface area (Å²) in [4.78, 5) is 21.9. The van der Waals surface area contributed by atoms with E-state index >= 15 is 0 Å². The van der Waals surface area contributed by atoms with Crippen molar-refractivity contribution in [3.8, 4) is 5.75 Å². The standard InChI is InChI=1S/C13H13N3O4/c1-8(13(17)15-14)20-12-7-6-11(16(18)19)9-4-2-3-5-10(9)12/h2-8H,14H2,1H3,(H,15,17). The number of benzene rings is 2. The number of hydrogen-bond acceptors (Lipinski definition) is 5. The number of nitro groups is 1. The Morgan fingerprint density at radius 2 is 1.95 bits per heavy atom. The second-order valence-corrected chi connectivity index (χ2v) is 4.15. The number of hydrogen-bond donors (Lipinski definition) is 2. The largest absolute Gasteiger partial charge is 0.480 e. The van der Waals surface area contributed by atoms with Crippen molar-refractivity contribution in [3.05, 3.63) is 46.5 Å². The van der Waals surface area contributed by atoms with Crippen LogP contribution in [0.4, 0.5) is 5.69 Å². The van der Waals surface area contributed by atoms with Crippen LogP contribution in [0.5, 0.6) is 5.75 Å². The van der Waals surface area contributed by atoms with Gasteiger partial charge in [-0.25, -0.2) is 5.84 Å². The van der Waals surface area contributed by atoms with E-state index in [4.69, 9.17) is 10.6 Å².